The van der Waals surface area contributed by atoms with Crippen LogP contribution in [0.15, 0.2) is 48.5 Å². The Morgan fingerprint density at radius 3 is 2.31 bits per heavy atom. The van der Waals surface area contributed by atoms with Crippen molar-refractivity contribution in [1.82, 2.24) is 4.90 Å². The van der Waals surface area contributed by atoms with Crippen LogP contribution in [0.25, 0.3) is 0 Å². The predicted molar refractivity (Wildman–Crippen MR) is 129 cm³/mol. The summed E-state index contributed by atoms with van der Waals surface area (Å²) in [6.07, 6.45) is -5.03. The van der Waals surface area contributed by atoms with Gasteiger partial charge in [-0.2, -0.15) is 13.2 Å². The van der Waals surface area contributed by atoms with Crippen LogP contribution >= 0.6 is 0 Å². The Balaban J connectivity index is 1.77. The number of ether oxygens (including phenoxy) is 2. The average Bonchev–Trinajstić information content (AvgIpc) is 2.81. The van der Waals surface area contributed by atoms with E-state index in [2.05, 4.69) is 0 Å². The van der Waals surface area contributed by atoms with Crippen LogP contribution in [0.4, 0.5) is 13.2 Å². The minimum Gasteiger partial charge on any atom is -0.497 e. The molecule has 2 aromatic carbocycles. The van der Waals surface area contributed by atoms with Crippen LogP contribution < -0.4 is 10.5 Å². The minimum absolute atomic E-state index is 0.0805. The van der Waals surface area contributed by atoms with E-state index >= 15 is 0 Å². The number of primary amides is 1. The molecule has 1 heterocycles. The first-order valence-corrected chi connectivity index (χ1v) is 11.9. The Labute approximate surface area is 209 Å². The number of alkyl halides is 3. The SMILES string of the molecule is COc1ccc(C[C@@H](C(=O)N2CC(OCCCC(F)(F)F)(c3ccccc3C)C2)[C@@H](C)C(N)=O)cc1. The van der Waals surface area contributed by atoms with Crippen molar-refractivity contribution >= 4 is 11.8 Å². The van der Waals surface area contributed by atoms with E-state index in [1.54, 1.807) is 31.1 Å². The fourth-order valence-electron chi connectivity index (χ4n) is 4.62. The average molecular weight is 507 g/mol. The first-order valence-electron chi connectivity index (χ1n) is 11.9. The van der Waals surface area contributed by atoms with Crippen LogP contribution in [0.1, 0.15) is 36.5 Å². The second-order valence-corrected chi connectivity index (χ2v) is 9.42. The zero-order chi connectivity index (χ0) is 26.5. The standard InChI is InChI=1S/C27H33F3N2O4/c1-18-7-4-5-8-23(18)26(36-14-6-13-27(28,29)30)16-32(17-26)25(34)22(19(2)24(31)33)15-20-9-11-21(35-3)12-10-20/h4-5,7-12,19,22H,6,13-17H2,1-3H3,(H2,31,33)/t19-,22-/m1/s1. The molecular weight excluding hydrogens is 473 g/mol. The van der Waals surface area contributed by atoms with E-state index in [1.165, 1.54) is 0 Å². The summed E-state index contributed by atoms with van der Waals surface area (Å²) in [5, 5.41) is 0. The normalized spacial score (nSPS) is 16.7. The molecule has 36 heavy (non-hydrogen) atoms. The molecule has 2 amide bonds. The summed E-state index contributed by atoms with van der Waals surface area (Å²) in [7, 11) is 1.56. The molecule has 1 saturated heterocycles. The Hall–Kier alpha value is -3.07. The van der Waals surface area contributed by atoms with Crippen molar-refractivity contribution in [1.29, 1.82) is 0 Å². The van der Waals surface area contributed by atoms with Crippen LogP contribution in [-0.2, 0) is 26.3 Å². The van der Waals surface area contributed by atoms with Crippen molar-refractivity contribution in [3.63, 3.8) is 0 Å². The molecular formula is C27H33F3N2O4. The van der Waals surface area contributed by atoms with Crippen molar-refractivity contribution < 1.29 is 32.2 Å². The molecule has 1 fully saturated rings. The predicted octanol–water partition coefficient (Wildman–Crippen LogP) is 4.38. The number of hydrogen-bond donors (Lipinski definition) is 1. The second-order valence-electron chi connectivity index (χ2n) is 9.42. The molecule has 2 atom stereocenters. The number of rotatable bonds is 11. The molecule has 6 nitrogen and oxygen atoms in total. The van der Waals surface area contributed by atoms with Gasteiger partial charge in [0, 0.05) is 18.9 Å². The highest BCUT2D eigenvalue weighted by Crippen LogP contribution is 2.39. The monoisotopic (exact) mass is 506 g/mol. The lowest BCUT2D eigenvalue weighted by Gasteiger charge is -2.51. The van der Waals surface area contributed by atoms with E-state index in [1.807, 2.05) is 43.3 Å². The molecule has 196 valence electrons. The molecule has 1 aliphatic heterocycles. The summed E-state index contributed by atoms with van der Waals surface area (Å²) in [5.41, 5.74) is 7.30. The maximum atomic E-state index is 13.6. The molecule has 0 aliphatic carbocycles. The van der Waals surface area contributed by atoms with E-state index in [9.17, 15) is 22.8 Å². The fraction of sp³-hybridized carbons (Fsp3) is 0.481. The van der Waals surface area contributed by atoms with Crippen LogP contribution in [0.2, 0.25) is 0 Å². The van der Waals surface area contributed by atoms with Crippen molar-refractivity contribution in [2.45, 2.75) is 44.9 Å². The zero-order valence-electron chi connectivity index (χ0n) is 20.8. The third kappa shape index (κ3) is 6.57. The number of amides is 2. The van der Waals surface area contributed by atoms with Crippen molar-refractivity contribution in [2.75, 3.05) is 26.8 Å². The van der Waals surface area contributed by atoms with Crippen LogP contribution in [-0.4, -0.2) is 49.7 Å². The van der Waals surface area contributed by atoms with Crippen molar-refractivity contribution in [3.8, 4) is 5.75 Å². The number of carbonyl (C=O) groups excluding carboxylic acids is 2. The Bertz CT molecular complexity index is 1050. The number of hydrogen-bond acceptors (Lipinski definition) is 4. The van der Waals surface area contributed by atoms with Gasteiger partial charge in [-0.15, -0.1) is 0 Å². The molecule has 0 unspecified atom stereocenters. The molecule has 2 N–H and O–H groups in total. The van der Waals surface area contributed by atoms with Crippen molar-refractivity contribution in [2.24, 2.45) is 17.6 Å². The lowest BCUT2D eigenvalue weighted by atomic mass is 9.80. The van der Waals surface area contributed by atoms with Gasteiger partial charge in [0.15, 0.2) is 0 Å². The quantitative estimate of drug-likeness (QED) is 0.459. The second kappa shape index (κ2) is 11.3. The summed E-state index contributed by atoms with van der Waals surface area (Å²) in [6, 6.07) is 14.7. The highest BCUT2D eigenvalue weighted by Gasteiger charge is 2.50. The fourth-order valence-corrected chi connectivity index (χ4v) is 4.62. The van der Waals surface area contributed by atoms with Crippen LogP contribution in [0.5, 0.6) is 5.75 Å². The highest BCUT2D eigenvalue weighted by atomic mass is 19.4. The van der Waals surface area contributed by atoms with E-state index in [0.29, 0.717) is 12.2 Å². The number of nitrogens with zero attached hydrogens (tertiary/aromatic N) is 1. The number of benzene rings is 2. The lowest BCUT2D eigenvalue weighted by Crippen LogP contribution is -2.64. The molecule has 0 aromatic heterocycles. The summed E-state index contributed by atoms with van der Waals surface area (Å²) < 4.78 is 49.1. The number of carbonyl (C=O) groups is 2. The maximum absolute atomic E-state index is 13.6. The largest absolute Gasteiger partial charge is 0.497 e. The van der Waals surface area contributed by atoms with E-state index in [-0.39, 0.29) is 32.0 Å². The number of nitrogens with two attached hydrogens (primary N) is 1. The molecule has 2 aromatic rings. The minimum atomic E-state index is -4.25. The molecule has 1 aliphatic rings. The maximum Gasteiger partial charge on any atom is 0.389 e. The van der Waals surface area contributed by atoms with Gasteiger partial charge < -0.3 is 20.1 Å². The lowest BCUT2D eigenvalue weighted by molar-refractivity contribution is -0.182. The third-order valence-corrected chi connectivity index (χ3v) is 6.81. The van der Waals surface area contributed by atoms with Crippen LogP contribution in [0, 0.1) is 18.8 Å². The summed E-state index contributed by atoms with van der Waals surface area (Å²) in [5.74, 6) is -1.52. The Morgan fingerprint density at radius 2 is 1.75 bits per heavy atom. The van der Waals surface area contributed by atoms with Crippen molar-refractivity contribution in [3.05, 3.63) is 65.2 Å². The summed E-state index contributed by atoms with van der Waals surface area (Å²) >= 11 is 0. The molecule has 3 rings (SSSR count). The van der Waals surface area contributed by atoms with E-state index in [4.69, 9.17) is 15.2 Å². The first-order chi connectivity index (χ1) is 17.0. The number of likely N-dealkylation sites (tertiary alicyclic amines) is 1. The van der Waals surface area contributed by atoms with Gasteiger partial charge in [0.1, 0.15) is 11.4 Å². The highest BCUT2D eigenvalue weighted by molar-refractivity contribution is 5.87. The zero-order valence-corrected chi connectivity index (χ0v) is 20.8. The van der Waals surface area contributed by atoms with Gasteiger partial charge in [0.2, 0.25) is 11.8 Å². The number of halogens is 3. The molecule has 0 radical (unpaired) electrons. The summed E-state index contributed by atoms with van der Waals surface area (Å²) in [6.45, 7) is 3.84. The van der Waals surface area contributed by atoms with Gasteiger partial charge in [-0.25, -0.2) is 0 Å². The summed E-state index contributed by atoms with van der Waals surface area (Å²) in [4.78, 5) is 27.2. The Morgan fingerprint density at radius 1 is 1.11 bits per heavy atom. The Kier molecular flexibility index (Phi) is 8.66. The van der Waals surface area contributed by atoms with Gasteiger partial charge in [-0.1, -0.05) is 43.3 Å². The molecule has 0 spiro atoms. The van der Waals surface area contributed by atoms with E-state index in [0.717, 1.165) is 16.7 Å². The molecule has 0 bridgehead atoms. The van der Waals surface area contributed by atoms with Crippen LogP contribution in [0.3, 0.4) is 0 Å². The van der Waals surface area contributed by atoms with Gasteiger partial charge in [-0.05, 0) is 48.6 Å². The third-order valence-electron chi connectivity index (χ3n) is 6.81. The smallest absolute Gasteiger partial charge is 0.389 e. The van der Waals surface area contributed by atoms with Gasteiger partial charge in [-0.3, -0.25) is 9.59 Å². The first kappa shape index (κ1) is 27.5. The van der Waals surface area contributed by atoms with Gasteiger partial charge in [0.05, 0.1) is 26.1 Å². The van der Waals surface area contributed by atoms with Gasteiger partial charge in [0.25, 0.3) is 0 Å². The molecule has 9 heteroatoms. The topological polar surface area (TPSA) is 81.9 Å². The number of methoxy groups -OCH3 is 1. The number of aryl methyl sites for hydroxylation is 1. The molecule has 0 saturated carbocycles. The van der Waals surface area contributed by atoms with E-state index < -0.39 is 35.9 Å². The van der Waals surface area contributed by atoms with Gasteiger partial charge >= 0.3 is 6.18 Å².